The van der Waals surface area contributed by atoms with E-state index in [1.54, 1.807) is 0 Å². The first kappa shape index (κ1) is 13.1. The molecule has 17 heavy (non-hydrogen) atoms. The SMILES string of the molecule is OC1(C2CCCC(C(F)(F)F)C2)CCNCC1. The average Bonchev–Trinajstić information content (AvgIpc) is 2.29. The lowest BCUT2D eigenvalue weighted by atomic mass is 9.69. The summed E-state index contributed by atoms with van der Waals surface area (Å²) in [7, 11) is 0. The summed E-state index contributed by atoms with van der Waals surface area (Å²) in [6.45, 7) is 1.42. The molecule has 1 heterocycles. The van der Waals surface area contributed by atoms with E-state index in [2.05, 4.69) is 5.32 Å². The van der Waals surface area contributed by atoms with E-state index < -0.39 is 17.7 Å². The molecule has 2 atom stereocenters. The molecule has 0 aromatic carbocycles. The monoisotopic (exact) mass is 251 g/mol. The predicted molar refractivity (Wildman–Crippen MR) is 58.6 cm³/mol. The zero-order valence-electron chi connectivity index (χ0n) is 9.89. The molecule has 0 radical (unpaired) electrons. The molecule has 1 aliphatic heterocycles. The van der Waals surface area contributed by atoms with Crippen LogP contribution in [-0.4, -0.2) is 30.0 Å². The fourth-order valence-corrected chi connectivity index (χ4v) is 3.24. The third-order valence-electron chi connectivity index (χ3n) is 4.37. The van der Waals surface area contributed by atoms with Gasteiger partial charge < -0.3 is 10.4 Å². The van der Waals surface area contributed by atoms with Gasteiger partial charge >= 0.3 is 6.18 Å². The van der Waals surface area contributed by atoms with Gasteiger partial charge in [0.15, 0.2) is 0 Å². The first-order chi connectivity index (χ1) is 7.92. The molecule has 1 aliphatic carbocycles. The molecule has 5 heteroatoms. The van der Waals surface area contributed by atoms with E-state index in [0.717, 1.165) is 6.42 Å². The van der Waals surface area contributed by atoms with Crippen molar-refractivity contribution in [3.05, 3.63) is 0 Å². The van der Waals surface area contributed by atoms with Gasteiger partial charge in [0, 0.05) is 0 Å². The van der Waals surface area contributed by atoms with E-state index in [4.69, 9.17) is 0 Å². The molecule has 0 bridgehead atoms. The fourth-order valence-electron chi connectivity index (χ4n) is 3.24. The molecule has 2 nitrogen and oxygen atoms in total. The van der Waals surface area contributed by atoms with E-state index in [9.17, 15) is 18.3 Å². The maximum absolute atomic E-state index is 12.7. The Labute approximate surface area is 99.6 Å². The molecule has 0 spiro atoms. The second-order valence-corrected chi connectivity index (χ2v) is 5.46. The molecule has 1 saturated heterocycles. The van der Waals surface area contributed by atoms with Crippen molar-refractivity contribution in [1.82, 2.24) is 5.32 Å². The fraction of sp³-hybridized carbons (Fsp3) is 1.00. The zero-order chi connectivity index (χ0) is 12.5. The third-order valence-corrected chi connectivity index (χ3v) is 4.37. The van der Waals surface area contributed by atoms with Crippen LogP contribution in [0.1, 0.15) is 38.5 Å². The molecule has 2 rings (SSSR count). The molecular weight excluding hydrogens is 231 g/mol. The normalized spacial score (nSPS) is 34.6. The highest BCUT2D eigenvalue weighted by molar-refractivity contribution is 4.94. The summed E-state index contributed by atoms with van der Waals surface area (Å²) in [6, 6.07) is 0. The van der Waals surface area contributed by atoms with Crippen molar-refractivity contribution < 1.29 is 18.3 Å². The second-order valence-electron chi connectivity index (χ2n) is 5.46. The number of nitrogens with one attached hydrogen (secondary N) is 1. The first-order valence-corrected chi connectivity index (χ1v) is 6.42. The molecule has 100 valence electrons. The lowest BCUT2D eigenvalue weighted by Gasteiger charge is -2.43. The Bertz CT molecular complexity index is 261. The van der Waals surface area contributed by atoms with Crippen LogP contribution in [0.2, 0.25) is 0 Å². The van der Waals surface area contributed by atoms with Crippen LogP contribution in [0.3, 0.4) is 0 Å². The summed E-state index contributed by atoms with van der Waals surface area (Å²) in [5.41, 5.74) is -0.866. The molecule has 2 fully saturated rings. The lowest BCUT2D eigenvalue weighted by Crippen LogP contribution is -2.49. The van der Waals surface area contributed by atoms with Gasteiger partial charge in [-0.2, -0.15) is 13.2 Å². The quantitative estimate of drug-likeness (QED) is 0.750. The second kappa shape index (κ2) is 4.76. The highest BCUT2D eigenvalue weighted by atomic mass is 19.4. The van der Waals surface area contributed by atoms with Crippen LogP contribution in [0.5, 0.6) is 0 Å². The molecule has 2 unspecified atom stereocenters. The standard InChI is InChI=1S/C12H20F3NO/c13-12(14,15)10-3-1-2-9(8-10)11(17)4-6-16-7-5-11/h9-10,16-17H,1-8H2. The molecule has 0 aromatic rings. The van der Waals surface area contributed by atoms with Crippen LogP contribution in [0.25, 0.3) is 0 Å². The van der Waals surface area contributed by atoms with Gasteiger partial charge in [0.1, 0.15) is 0 Å². The number of hydrogen-bond acceptors (Lipinski definition) is 2. The Hall–Kier alpha value is -0.290. The van der Waals surface area contributed by atoms with Crippen molar-refractivity contribution >= 4 is 0 Å². The highest BCUT2D eigenvalue weighted by Gasteiger charge is 2.47. The number of rotatable bonds is 1. The van der Waals surface area contributed by atoms with Crippen molar-refractivity contribution in [1.29, 1.82) is 0 Å². The van der Waals surface area contributed by atoms with Crippen LogP contribution < -0.4 is 5.32 Å². The average molecular weight is 251 g/mol. The molecular formula is C12H20F3NO. The molecule has 0 amide bonds. The van der Waals surface area contributed by atoms with Crippen molar-refractivity contribution in [2.45, 2.75) is 50.3 Å². The summed E-state index contributed by atoms with van der Waals surface area (Å²) in [6.07, 6.45) is -1.26. The number of aliphatic hydroxyl groups is 1. The summed E-state index contributed by atoms with van der Waals surface area (Å²) in [5.74, 6) is -1.38. The van der Waals surface area contributed by atoms with Crippen LogP contribution >= 0.6 is 0 Å². The molecule has 1 saturated carbocycles. The van der Waals surface area contributed by atoms with Crippen molar-refractivity contribution in [2.75, 3.05) is 13.1 Å². The Morgan fingerprint density at radius 2 is 1.76 bits per heavy atom. The molecule has 2 N–H and O–H groups in total. The van der Waals surface area contributed by atoms with E-state index in [1.165, 1.54) is 0 Å². The van der Waals surface area contributed by atoms with E-state index in [-0.39, 0.29) is 18.8 Å². The predicted octanol–water partition coefficient (Wildman–Crippen LogP) is 2.47. The van der Waals surface area contributed by atoms with Gasteiger partial charge in [-0.3, -0.25) is 0 Å². The Balaban J connectivity index is 2.01. The van der Waals surface area contributed by atoms with Crippen LogP contribution in [0, 0.1) is 11.8 Å². The molecule has 0 aromatic heterocycles. The third kappa shape index (κ3) is 2.94. The van der Waals surface area contributed by atoms with Crippen LogP contribution in [0.15, 0.2) is 0 Å². The number of hydrogen-bond donors (Lipinski definition) is 2. The minimum absolute atomic E-state index is 0.111. The summed E-state index contributed by atoms with van der Waals surface area (Å²) in [5, 5.41) is 13.6. The van der Waals surface area contributed by atoms with E-state index >= 15 is 0 Å². The van der Waals surface area contributed by atoms with Gasteiger partial charge in [-0.05, 0) is 51.1 Å². The van der Waals surface area contributed by atoms with E-state index in [1.807, 2.05) is 0 Å². The van der Waals surface area contributed by atoms with Crippen molar-refractivity contribution in [3.63, 3.8) is 0 Å². The largest absolute Gasteiger partial charge is 0.391 e. The van der Waals surface area contributed by atoms with E-state index in [0.29, 0.717) is 32.4 Å². The summed E-state index contributed by atoms with van der Waals surface area (Å²) < 4.78 is 38.1. The minimum Gasteiger partial charge on any atom is -0.390 e. The van der Waals surface area contributed by atoms with Gasteiger partial charge in [-0.15, -0.1) is 0 Å². The first-order valence-electron chi connectivity index (χ1n) is 6.42. The Morgan fingerprint density at radius 3 is 2.35 bits per heavy atom. The number of piperidine rings is 1. The molecule has 2 aliphatic rings. The topological polar surface area (TPSA) is 32.3 Å². The highest BCUT2D eigenvalue weighted by Crippen LogP contribution is 2.45. The van der Waals surface area contributed by atoms with Crippen LogP contribution in [-0.2, 0) is 0 Å². The van der Waals surface area contributed by atoms with Gasteiger partial charge in [0.25, 0.3) is 0 Å². The van der Waals surface area contributed by atoms with Gasteiger partial charge in [0.2, 0.25) is 0 Å². The van der Waals surface area contributed by atoms with Crippen molar-refractivity contribution in [3.8, 4) is 0 Å². The van der Waals surface area contributed by atoms with Gasteiger partial charge in [0.05, 0.1) is 11.5 Å². The lowest BCUT2D eigenvalue weighted by molar-refractivity contribution is -0.194. The minimum atomic E-state index is -4.10. The summed E-state index contributed by atoms with van der Waals surface area (Å²) in [4.78, 5) is 0. The Morgan fingerprint density at radius 1 is 1.12 bits per heavy atom. The summed E-state index contributed by atoms with van der Waals surface area (Å²) >= 11 is 0. The van der Waals surface area contributed by atoms with Gasteiger partial charge in [-0.1, -0.05) is 6.42 Å². The maximum Gasteiger partial charge on any atom is 0.391 e. The van der Waals surface area contributed by atoms with Gasteiger partial charge in [-0.25, -0.2) is 0 Å². The van der Waals surface area contributed by atoms with Crippen LogP contribution in [0.4, 0.5) is 13.2 Å². The zero-order valence-corrected chi connectivity index (χ0v) is 9.89. The Kier molecular flexibility index (Phi) is 3.69. The van der Waals surface area contributed by atoms with Crippen molar-refractivity contribution in [2.24, 2.45) is 11.8 Å². The smallest absolute Gasteiger partial charge is 0.390 e. The number of alkyl halides is 3. The number of halogens is 3. The maximum atomic E-state index is 12.7.